The van der Waals surface area contributed by atoms with Gasteiger partial charge in [0.05, 0.1) is 24.2 Å². The van der Waals surface area contributed by atoms with E-state index in [0.717, 1.165) is 24.8 Å². The second kappa shape index (κ2) is 11.7. The lowest BCUT2D eigenvalue weighted by atomic mass is 9.70. The standard InChI is InChI=1S/C36H42N6O4/c1-35(2)16-29(35)34(46)41-23-36(24-41)22-40(33(45)27-17-37-42(19-27)18-25-10-5-3-6-11-25)21-30(36)31(43)38-28-14-9-15-39(20-28)32(44)26-12-7-4-8-13-26/h3-8,10-13,17,19,28-30H,9,14-16,18,20-24H2,1-2H3,(H,38,43)/t28-,29+,30-/m0/s1. The highest BCUT2D eigenvalue weighted by Crippen LogP contribution is 2.54. The molecule has 3 aliphatic heterocycles. The number of amides is 4. The zero-order chi connectivity index (χ0) is 32.1. The normalized spacial score (nSPS) is 24.4. The number of hydrogen-bond donors (Lipinski definition) is 1. The molecule has 0 radical (unpaired) electrons. The van der Waals surface area contributed by atoms with Crippen LogP contribution < -0.4 is 5.32 Å². The molecule has 3 saturated heterocycles. The molecular weight excluding hydrogens is 580 g/mol. The number of nitrogens with one attached hydrogen (secondary N) is 1. The molecule has 4 heterocycles. The lowest BCUT2D eigenvalue weighted by Crippen LogP contribution is -2.65. The van der Waals surface area contributed by atoms with E-state index >= 15 is 0 Å². The molecule has 10 nitrogen and oxygen atoms in total. The van der Waals surface area contributed by atoms with Gasteiger partial charge in [0.15, 0.2) is 0 Å². The third kappa shape index (κ3) is 5.81. The van der Waals surface area contributed by atoms with Gasteiger partial charge in [-0.1, -0.05) is 62.4 Å². The van der Waals surface area contributed by atoms with Crippen LogP contribution in [0.5, 0.6) is 0 Å². The number of nitrogens with zero attached hydrogens (tertiary/aromatic N) is 5. The van der Waals surface area contributed by atoms with E-state index in [-0.39, 0.29) is 47.5 Å². The number of carbonyl (C=O) groups is 4. The molecule has 0 unspecified atom stereocenters. The largest absolute Gasteiger partial charge is 0.351 e. The van der Waals surface area contributed by atoms with E-state index in [1.807, 2.05) is 70.5 Å². The van der Waals surface area contributed by atoms with Gasteiger partial charge >= 0.3 is 0 Å². The lowest BCUT2D eigenvalue weighted by Gasteiger charge is -2.50. The fourth-order valence-electron chi connectivity index (χ4n) is 7.64. The summed E-state index contributed by atoms with van der Waals surface area (Å²) in [4.78, 5) is 59.7. The van der Waals surface area contributed by atoms with E-state index < -0.39 is 11.3 Å². The minimum Gasteiger partial charge on any atom is -0.351 e. The van der Waals surface area contributed by atoms with Crippen LogP contribution in [0.15, 0.2) is 73.1 Å². The Morgan fingerprint density at radius 2 is 1.48 bits per heavy atom. The summed E-state index contributed by atoms with van der Waals surface area (Å²) >= 11 is 0. The molecular formula is C36H42N6O4. The first-order valence-electron chi connectivity index (χ1n) is 16.4. The van der Waals surface area contributed by atoms with Crippen LogP contribution in [-0.2, 0) is 16.1 Å². The molecule has 4 amide bonds. The predicted octanol–water partition coefficient (Wildman–Crippen LogP) is 3.30. The number of piperidine rings is 1. The van der Waals surface area contributed by atoms with Crippen molar-refractivity contribution in [1.29, 1.82) is 0 Å². The topological polar surface area (TPSA) is 108 Å². The monoisotopic (exact) mass is 622 g/mol. The van der Waals surface area contributed by atoms with E-state index in [2.05, 4.69) is 24.3 Å². The smallest absolute Gasteiger partial charge is 0.257 e. The molecule has 4 fully saturated rings. The van der Waals surface area contributed by atoms with Gasteiger partial charge < -0.3 is 20.0 Å². The molecule has 46 heavy (non-hydrogen) atoms. The fraction of sp³-hybridized carbons (Fsp3) is 0.472. The molecule has 3 aromatic rings. The second-order valence-corrected chi connectivity index (χ2v) is 14.4. The number of benzene rings is 2. The van der Waals surface area contributed by atoms with Gasteiger partial charge in [0.25, 0.3) is 11.8 Å². The highest BCUT2D eigenvalue weighted by molar-refractivity contribution is 5.95. The summed E-state index contributed by atoms with van der Waals surface area (Å²) in [6.45, 7) is 7.53. The van der Waals surface area contributed by atoms with Crippen LogP contribution in [0.2, 0.25) is 0 Å². The van der Waals surface area contributed by atoms with Gasteiger partial charge in [-0.25, -0.2) is 0 Å². The summed E-state index contributed by atoms with van der Waals surface area (Å²) in [7, 11) is 0. The summed E-state index contributed by atoms with van der Waals surface area (Å²) < 4.78 is 1.76. The van der Waals surface area contributed by atoms with Gasteiger partial charge in [0.2, 0.25) is 11.8 Å². The Balaban J connectivity index is 1.05. The molecule has 4 aliphatic rings. The highest BCUT2D eigenvalue weighted by atomic mass is 16.2. The average molecular weight is 623 g/mol. The Hall–Kier alpha value is -4.47. The molecule has 10 heteroatoms. The van der Waals surface area contributed by atoms with Crippen LogP contribution in [0.1, 0.15) is 59.4 Å². The lowest BCUT2D eigenvalue weighted by molar-refractivity contribution is -0.151. The maximum atomic E-state index is 14.0. The summed E-state index contributed by atoms with van der Waals surface area (Å²) in [6.07, 6.45) is 5.83. The summed E-state index contributed by atoms with van der Waals surface area (Å²) in [5.74, 6) is -0.552. The van der Waals surface area contributed by atoms with Crippen molar-refractivity contribution in [2.45, 2.75) is 45.7 Å². The number of rotatable bonds is 7. The first-order valence-corrected chi connectivity index (χ1v) is 16.4. The van der Waals surface area contributed by atoms with Gasteiger partial charge in [-0.05, 0) is 42.4 Å². The molecule has 7 rings (SSSR count). The quantitative estimate of drug-likeness (QED) is 0.435. The Morgan fingerprint density at radius 3 is 2.17 bits per heavy atom. The van der Waals surface area contributed by atoms with Crippen LogP contribution in [0.25, 0.3) is 0 Å². The molecule has 1 aromatic heterocycles. The molecule has 1 spiro atoms. The van der Waals surface area contributed by atoms with Crippen molar-refractivity contribution in [1.82, 2.24) is 29.8 Å². The fourth-order valence-corrected chi connectivity index (χ4v) is 7.64. The van der Waals surface area contributed by atoms with Gasteiger partial charge in [0, 0.05) is 68.4 Å². The Bertz CT molecular complexity index is 1630. The third-order valence-corrected chi connectivity index (χ3v) is 10.5. The molecule has 1 aliphatic carbocycles. The maximum absolute atomic E-state index is 14.0. The number of carbonyl (C=O) groups excluding carboxylic acids is 4. The Labute approximate surface area is 269 Å². The Morgan fingerprint density at radius 1 is 0.826 bits per heavy atom. The van der Waals surface area contributed by atoms with Crippen LogP contribution in [-0.4, -0.2) is 93.4 Å². The van der Waals surface area contributed by atoms with Crippen LogP contribution in [0.3, 0.4) is 0 Å². The minimum atomic E-state index is -0.497. The van der Waals surface area contributed by atoms with Gasteiger partial charge in [-0.15, -0.1) is 0 Å². The molecule has 3 atom stereocenters. The van der Waals surface area contributed by atoms with Crippen molar-refractivity contribution in [2.75, 3.05) is 39.3 Å². The summed E-state index contributed by atoms with van der Waals surface area (Å²) in [6, 6.07) is 19.0. The van der Waals surface area contributed by atoms with Crippen LogP contribution in [0.4, 0.5) is 0 Å². The van der Waals surface area contributed by atoms with Crippen molar-refractivity contribution in [3.8, 4) is 0 Å². The zero-order valence-electron chi connectivity index (χ0n) is 26.6. The average Bonchev–Trinajstić information content (AvgIpc) is 3.36. The van der Waals surface area contributed by atoms with Gasteiger partial charge in [-0.3, -0.25) is 23.9 Å². The van der Waals surface area contributed by atoms with Crippen molar-refractivity contribution >= 4 is 23.6 Å². The molecule has 1 saturated carbocycles. The van der Waals surface area contributed by atoms with Crippen LogP contribution in [0, 0.1) is 22.7 Å². The second-order valence-electron chi connectivity index (χ2n) is 14.4. The van der Waals surface area contributed by atoms with Gasteiger partial charge in [-0.2, -0.15) is 5.10 Å². The van der Waals surface area contributed by atoms with E-state index in [1.165, 1.54) is 0 Å². The number of aromatic nitrogens is 2. The minimum absolute atomic E-state index is 0.0260. The van der Waals surface area contributed by atoms with E-state index in [4.69, 9.17) is 0 Å². The first-order chi connectivity index (χ1) is 22.1. The Kier molecular flexibility index (Phi) is 7.69. The van der Waals surface area contributed by atoms with Gasteiger partial charge in [0.1, 0.15) is 0 Å². The van der Waals surface area contributed by atoms with E-state index in [1.54, 1.807) is 22.0 Å². The molecule has 1 N–H and O–H groups in total. The summed E-state index contributed by atoms with van der Waals surface area (Å²) in [5.41, 5.74) is 1.75. The number of likely N-dealkylation sites (tertiary alicyclic amines) is 3. The van der Waals surface area contributed by atoms with Crippen LogP contribution >= 0.6 is 0 Å². The predicted molar refractivity (Wildman–Crippen MR) is 172 cm³/mol. The zero-order valence-corrected chi connectivity index (χ0v) is 26.6. The van der Waals surface area contributed by atoms with Crippen molar-refractivity contribution < 1.29 is 19.2 Å². The highest BCUT2D eigenvalue weighted by Gasteiger charge is 2.62. The van der Waals surface area contributed by atoms with Crippen molar-refractivity contribution in [3.63, 3.8) is 0 Å². The van der Waals surface area contributed by atoms with E-state index in [0.29, 0.717) is 50.4 Å². The molecule has 240 valence electrons. The van der Waals surface area contributed by atoms with Crippen molar-refractivity contribution in [3.05, 3.63) is 89.7 Å². The summed E-state index contributed by atoms with van der Waals surface area (Å²) in [5, 5.41) is 7.68. The van der Waals surface area contributed by atoms with E-state index in [9.17, 15) is 19.2 Å². The number of hydrogen-bond acceptors (Lipinski definition) is 5. The third-order valence-electron chi connectivity index (χ3n) is 10.5. The molecule has 2 aromatic carbocycles. The maximum Gasteiger partial charge on any atom is 0.257 e. The first kappa shape index (κ1) is 30.2. The SMILES string of the molecule is CC1(C)C[C@@H]1C(=O)N1CC2(CN(C(=O)c3cnn(Cc4ccccc4)c3)C[C@H]2C(=O)N[C@H]2CCCN(C(=O)c3ccccc3)C2)C1. The van der Waals surface area contributed by atoms with Crippen molar-refractivity contribution in [2.24, 2.45) is 22.7 Å². The molecule has 0 bridgehead atoms.